The smallest absolute Gasteiger partial charge is 0.404 e. The van der Waals surface area contributed by atoms with Gasteiger partial charge in [-0.2, -0.15) is 0 Å². The summed E-state index contributed by atoms with van der Waals surface area (Å²) in [6.45, 7) is 8.65. The molecule has 0 aromatic carbocycles. The number of hydrogen-bond donors (Lipinski definition) is 2. The molecule has 6 nitrogen and oxygen atoms in total. The summed E-state index contributed by atoms with van der Waals surface area (Å²) >= 11 is 0. The Morgan fingerprint density at radius 2 is 2.10 bits per heavy atom. The first-order chi connectivity index (χ1) is 9.92. The third kappa shape index (κ3) is 9.23. The van der Waals surface area contributed by atoms with Crippen molar-refractivity contribution >= 4 is 6.09 Å². The molecule has 0 saturated heterocycles. The molecule has 3 atom stereocenters. The van der Waals surface area contributed by atoms with Gasteiger partial charge in [-0.1, -0.05) is 24.6 Å². The molecule has 0 aliphatic rings. The zero-order valence-corrected chi connectivity index (χ0v) is 13.1. The monoisotopic (exact) mass is 301 g/mol. The average molecular weight is 301 g/mol. The van der Waals surface area contributed by atoms with E-state index in [0.717, 1.165) is 5.57 Å². The molecule has 0 fully saturated rings. The van der Waals surface area contributed by atoms with Crippen molar-refractivity contribution in [1.29, 1.82) is 0 Å². The topological polar surface area (TPSA) is 91.0 Å². The molecule has 0 aliphatic heterocycles. The molecule has 122 valence electrons. The summed E-state index contributed by atoms with van der Waals surface area (Å²) < 4.78 is 15.1. The van der Waals surface area contributed by atoms with Gasteiger partial charge in [0, 0.05) is 19.4 Å². The summed E-state index contributed by atoms with van der Waals surface area (Å²) in [5.41, 5.74) is 5.84. The Kier molecular flexibility index (Phi) is 10.6. The fourth-order valence-corrected chi connectivity index (χ4v) is 1.84. The van der Waals surface area contributed by atoms with Gasteiger partial charge < -0.3 is 25.1 Å². The van der Waals surface area contributed by atoms with Crippen LogP contribution in [0.5, 0.6) is 0 Å². The number of ether oxygens (including phenoxy) is 3. The van der Waals surface area contributed by atoms with E-state index in [1.807, 2.05) is 19.9 Å². The van der Waals surface area contributed by atoms with Crippen molar-refractivity contribution in [2.24, 2.45) is 11.7 Å². The van der Waals surface area contributed by atoms with Crippen LogP contribution in [0.3, 0.4) is 0 Å². The summed E-state index contributed by atoms with van der Waals surface area (Å²) in [7, 11) is 1.54. The molecule has 21 heavy (non-hydrogen) atoms. The number of methoxy groups -OCH3 is 1. The molecule has 1 amide bonds. The quantitative estimate of drug-likeness (QED) is 0.447. The molecular formula is C15H27NO5. The van der Waals surface area contributed by atoms with E-state index in [0.29, 0.717) is 19.6 Å². The van der Waals surface area contributed by atoms with Gasteiger partial charge in [0.25, 0.3) is 0 Å². The predicted molar refractivity (Wildman–Crippen MR) is 80.9 cm³/mol. The Labute approximate surface area is 126 Å². The van der Waals surface area contributed by atoms with E-state index in [4.69, 9.17) is 15.2 Å². The van der Waals surface area contributed by atoms with Crippen LogP contribution in [0.25, 0.3) is 0 Å². The third-order valence-electron chi connectivity index (χ3n) is 2.93. The molecule has 0 unspecified atom stereocenters. The Morgan fingerprint density at radius 3 is 2.62 bits per heavy atom. The van der Waals surface area contributed by atoms with E-state index >= 15 is 0 Å². The van der Waals surface area contributed by atoms with Crippen LogP contribution in [-0.4, -0.2) is 50.3 Å². The Morgan fingerprint density at radius 1 is 1.43 bits per heavy atom. The van der Waals surface area contributed by atoms with Gasteiger partial charge in [-0.3, -0.25) is 0 Å². The number of carbonyl (C=O) groups excluding carboxylic acids is 1. The summed E-state index contributed by atoms with van der Waals surface area (Å²) in [6, 6.07) is 0. The second kappa shape index (κ2) is 11.3. The summed E-state index contributed by atoms with van der Waals surface area (Å²) in [5.74, 6) is -0.0743. The van der Waals surface area contributed by atoms with Gasteiger partial charge in [0.2, 0.25) is 0 Å². The first-order valence-corrected chi connectivity index (χ1v) is 6.93. The first-order valence-electron chi connectivity index (χ1n) is 6.93. The van der Waals surface area contributed by atoms with Crippen LogP contribution in [0.4, 0.5) is 4.79 Å². The molecule has 0 aromatic rings. The summed E-state index contributed by atoms with van der Waals surface area (Å²) in [6.07, 6.45) is 2.31. The number of nitrogens with two attached hydrogens (primary N) is 1. The molecule has 0 radical (unpaired) electrons. The largest absolute Gasteiger partial charge is 0.450 e. The SMILES string of the molecule is C=C[C@H](OC)[C@@H](O)[C@H](C)/C=C(/C)COCCCOC(N)=O. The van der Waals surface area contributed by atoms with Gasteiger partial charge >= 0.3 is 6.09 Å². The fourth-order valence-electron chi connectivity index (χ4n) is 1.84. The minimum absolute atomic E-state index is 0.0743. The minimum atomic E-state index is -0.774. The van der Waals surface area contributed by atoms with E-state index in [2.05, 4.69) is 11.3 Å². The Bertz CT molecular complexity index is 343. The van der Waals surface area contributed by atoms with Crippen LogP contribution in [0.1, 0.15) is 20.3 Å². The van der Waals surface area contributed by atoms with E-state index in [-0.39, 0.29) is 12.5 Å². The van der Waals surface area contributed by atoms with Crippen molar-refractivity contribution in [3.8, 4) is 0 Å². The van der Waals surface area contributed by atoms with E-state index < -0.39 is 18.3 Å². The molecule has 0 aliphatic carbocycles. The van der Waals surface area contributed by atoms with E-state index in [1.54, 1.807) is 6.08 Å². The number of primary amides is 1. The fraction of sp³-hybridized carbons (Fsp3) is 0.667. The van der Waals surface area contributed by atoms with E-state index in [1.165, 1.54) is 7.11 Å². The lowest BCUT2D eigenvalue weighted by atomic mass is 9.97. The first kappa shape index (κ1) is 19.6. The molecule has 0 aromatic heterocycles. The van der Waals surface area contributed by atoms with Crippen molar-refractivity contribution in [2.45, 2.75) is 32.5 Å². The van der Waals surface area contributed by atoms with Crippen molar-refractivity contribution in [2.75, 3.05) is 26.9 Å². The highest BCUT2D eigenvalue weighted by molar-refractivity contribution is 5.64. The third-order valence-corrected chi connectivity index (χ3v) is 2.93. The van der Waals surface area contributed by atoms with Crippen LogP contribution < -0.4 is 5.73 Å². The Balaban J connectivity index is 4.00. The van der Waals surface area contributed by atoms with Gasteiger partial charge in [-0.05, 0) is 6.92 Å². The molecule has 0 spiro atoms. The van der Waals surface area contributed by atoms with Gasteiger partial charge in [0.1, 0.15) is 6.10 Å². The molecule has 0 bridgehead atoms. The van der Waals surface area contributed by atoms with Gasteiger partial charge in [-0.15, -0.1) is 6.58 Å². The lowest BCUT2D eigenvalue weighted by Crippen LogP contribution is -2.31. The van der Waals surface area contributed by atoms with Crippen LogP contribution in [0.15, 0.2) is 24.3 Å². The average Bonchev–Trinajstić information content (AvgIpc) is 2.43. The Hall–Kier alpha value is -1.37. The standard InChI is InChI=1S/C15H27NO5/c1-5-13(19-4)14(17)12(3)9-11(2)10-20-7-6-8-21-15(16)18/h5,9,12-14,17H,1,6-8,10H2,2-4H3,(H2,16,18)/b11-9-/t12-,13+,14+/m1/s1. The molecule has 3 N–H and O–H groups in total. The maximum absolute atomic E-state index is 10.3. The molecule has 0 saturated carbocycles. The lowest BCUT2D eigenvalue weighted by Gasteiger charge is -2.22. The number of hydrogen-bond acceptors (Lipinski definition) is 5. The van der Waals surface area contributed by atoms with Crippen LogP contribution in [-0.2, 0) is 14.2 Å². The number of amides is 1. The molecular weight excluding hydrogens is 274 g/mol. The predicted octanol–water partition coefficient (Wildman–Crippen LogP) is 1.63. The zero-order chi connectivity index (χ0) is 16.3. The minimum Gasteiger partial charge on any atom is -0.450 e. The summed E-state index contributed by atoms with van der Waals surface area (Å²) in [4.78, 5) is 10.3. The molecule has 6 heteroatoms. The maximum Gasteiger partial charge on any atom is 0.404 e. The highest BCUT2D eigenvalue weighted by atomic mass is 16.5. The highest BCUT2D eigenvalue weighted by Gasteiger charge is 2.20. The lowest BCUT2D eigenvalue weighted by molar-refractivity contribution is -0.00170. The molecule has 0 rings (SSSR count). The molecule has 0 heterocycles. The normalized spacial score (nSPS) is 16.1. The van der Waals surface area contributed by atoms with Crippen molar-refractivity contribution < 1.29 is 24.1 Å². The van der Waals surface area contributed by atoms with Crippen LogP contribution in [0, 0.1) is 5.92 Å². The number of aliphatic hydroxyl groups excluding tert-OH is 1. The van der Waals surface area contributed by atoms with E-state index in [9.17, 15) is 9.90 Å². The van der Waals surface area contributed by atoms with Gasteiger partial charge in [0.05, 0.1) is 25.9 Å². The maximum atomic E-state index is 10.3. The highest BCUT2D eigenvalue weighted by Crippen LogP contribution is 2.14. The van der Waals surface area contributed by atoms with Crippen LogP contribution >= 0.6 is 0 Å². The second-order valence-electron chi connectivity index (χ2n) is 4.87. The van der Waals surface area contributed by atoms with Gasteiger partial charge in [-0.25, -0.2) is 4.79 Å². The van der Waals surface area contributed by atoms with Crippen molar-refractivity contribution in [1.82, 2.24) is 0 Å². The number of carbonyl (C=O) groups is 1. The zero-order valence-electron chi connectivity index (χ0n) is 13.1. The summed E-state index contributed by atoms with van der Waals surface area (Å²) in [5, 5.41) is 10.1. The number of rotatable bonds is 11. The number of aliphatic hydroxyl groups is 1. The van der Waals surface area contributed by atoms with Crippen LogP contribution in [0.2, 0.25) is 0 Å². The second-order valence-corrected chi connectivity index (χ2v) is 4.87. The van der Waals surface area contributed by atoms with Crippen molar-refractivity contribution in [3.05, 3.63) is 24.3 Å². The van der Waals surface area contributed by atoms with Crippen molar-refractivity contribution in [3.63, 3.8) is 0 Å². The van der Waals surface area contributed by atoms with Gasteiger partial charge in [0.15, 0.2) is 0 Å².